The Balaban J connectivity index is 1.31. The second kappa shape index (κ2) is 11.6. The molecule has 35 heavy (non-hydrogen) atoms. The number of hydrogen-bond acceptors (Lipinski definition) is 8. The van der Waals surface area contributed by atoms with Crippen molar-refractivity contribution in [1.82, 2.24) is 24.8 Å². The van der Waals surface area contributed by atoms with Gasteiger partial charge in [0.15, 0.2) is 0 Å². The van der Waals surface area contributed by atoms with Crippen LogP contribution in [0.4, 0.5) is 14.2 Å². The Bertz CT molecular complexity index is 1060. The van der Waals surface area contributed by atoms with Gasteiger partial charge in [0.25, 0.3) is 5.91 Å². The molecule has 190 valence electrons. The minimum Gasteiger partial charge on any atom is -0.493 e. The minimum atomic E-state index is -0.461. The summed E-state index contributed by atoms with van der Waals surface area (Å²) in [5.41, 5.74) is 1.23. The van der Waals surface area contributed by atoms with Crippen molar-refractivity contribution in [1.29, 1.82) is 0 Å². The largest absolute Gasteiger partial charge is 0.493 e. The van der Waals surface area contributed by atoms with Crippen molar-refractivity contribution in [2.24, 2.45) is 0 Å². The molecule has 3 amide bonds. The molecular weight excluding hydrogens is 475 g/mol. The van der Waals surface area contributed by atoms with E-state index < -0.39 is 17.8 Å². The minimum absolute atomic E-state index is 0.0283. The Morgan fingerprint density at radius 2 is 2.06 bits per heavy atom. The molecule has 2 aromatic rings. The maximum absolute atomic E-state index is 14.4. The maximum atomic E-state index is 14.4. The Labute approximate surface area is 207 Å². The van der Waals surface area contributed by atoms with Crippen LogP contribution in [0.15, 0.2) is 12.1 Å². The molecule has 0 bridgehead atoms. The molecule has 12 heteroatoms. The van der Waals surface area contributed by atoms with E-state index in [4.69, 9.17) is 9.47 Å². The summed E-state index contributed by atoms with van der Waals surface area (Å²) in [6, 6.07) is 2.63. The van der Waals surface area contributed by atoms with E-state index >= 15 is 0 Å². The van der Waals surface area contributed by atoms with Crippen molar-refractivity contribution in [3.8, 4) is 11.6 Å². The Kier molecular flexibility index (Phi) is 8.37. The van der Waals surface area contributed by atoms with Gasteiger partial charge in [0.1, 0.15) is 28.7 Å². The molecule has 0 spiro atoms. The van der Waals surface area contributed by atoms with Crippen molar-refractivity contribution < 1.29 is 23.5 Å². The number of ether oxygens (including phenoxy) is 2. The first kappa shape index (κ1) is 25.1. The number of anilines is 1. The van der Waals surface area contributed by atoms with Crippen LogP contribution in [0.25, 0.3) is 0 Å². The fourth-order valence-electron chi connectivity index (χ4n) is 4.00. The normalized spacial score (nSPS) is 15.9. The number of carbonyl (C=O) groups excluding carboxylic acids is 2. The topological polar surface area (TPSA) is 108 Å². The third-order valence-electron chi connectivity index (χ3n) is 6.10. The van der Waals surface area contributed by atoms with E-state index in [0.29, 0.717) is 30.9 Å². The van der Waals surface area contributed by atoms with Gasteiger partial charge in [-0.2, -0.15) is 4.37 Å². The van der Waals surface area contributed by atoms with Gasteiger partial charge in [-0.05, 0) is 43.7 Å². The molecule has 0 atom stereocenters. The summed E-state index contributed by atoms with van der Waals surface area (Å²) < 4.78 is 29.8. The Hall–Kier alpha value is -2.96. The predicted octanol–water partition coefficient (Wildman–Crippen LogP) is 1.91. The lowest BCUT2D eigenvalue weighted by atomic mass is 10.1. The van der Waals surface area contributed by atoms with Gasteiger partial charge < -0.3 is 29.9 Å². The number of fused-ring (bicyclic) bond motifs is 1. The summed E-state index contributed by atoms with van der Waals surface area (Å²) >= 11 is 0.931. The molecule has 1 aromatic carbocycles. The standard InChI is InChI=1S/C23H31FN6O4S/c1-25-20(31)19-21(34-14-16-13-18-15(4-11-33-18)12-17(16)24)28-35-22(19)27-23(32)26-5-3-6-30-9-7-29(2)8-10-30/h12-13H,3-11,14H2,1-2H3,(H,25,31)(H2,26,27,32). The molecule has 0 unspecified atom stereocenters. The van der Waals surface area contributed by atoms with Gasteiger partial charge in [-0.25, -0.2) is 9.18 Å². The monoisotopic (exact) mass is 506 g/mol. The van der Waals surface area contributed by atoms with Crippen molar-refractivity contribution in [2.45, 2.75) is 19.4 Å². The summed E-state index contributed by atoms with van der Waals surface area (Å²) in [5, 5.41) is 8.29. The van der Waals surface area contributed by atoms with Crippen LogP contribution in [-0.2, 0) is 13.0 Å². The lowest BCUT2D eigenvalue weighted by molar-refractivity contribution is 0.0959. The van der Waals surface area contributed by atoms with E-state index in [1.807, 2.05) is 0 Å². The predicted molar refractivity (Wildman–Crippen MR) is 131 cm³/mol. The summed E-state index contributed by atoms with van der Waals surface area (Å²) in [6.45, 7) is 6.00. The van der Waals surface area contributed by atoms with Crippen LogP contribution in [0.3, 0.4) is 0 Å². The van der Waals surface area contributed by atoms with Gasteiger partial charge in [-0.3, -0.25) is 10.1 Å². The van der Waals surface area contributed by atoms with Gasteiger partial charge in [0.05, 0.1) is 6.61 Å². The second-order valence-electron chi connectivity index (χ2n) is 8.59. The van der Waals surface area contributed by atoms with Crippen molar-refractivity contribution >= 4 is 28.5 Å². The quantitative estimate of drug-likeness (QED) is 0.446. The number of nitrogens with one attached hydrogen (secondary N) is 3. The number of benzene rings is 1. The van der Waals surface area contributed by atoms with Crippen LogP contribution in [0, 0.1) is 5.82 Å². The highest BCUT2D eigenvalue weighted by Crippen LogP contribution is 2.32. The highest BCUT2D eigenvalue weighted by Gasteiger charge is 2.24. The third-order valence-corrected chi connectivity index (χ3v) is 6.84. The number of hydrogen-bond donors (Lipinski definition) is 3. The first-order chi connectivity index (χ1) is 16.9. The molecular formula is C23H31FN6O4S. The highest BCUT2D eigenvalue weighted by atomic mass is 32.1. The van der Waals surface area contributed by atoms with Crippen LogP contribution < -0.4 is 25.4 Å². The van der Waals surface area contributed by atoms with Crippen molar-refractivity contribution in [2.75, 3.05) is 65.3 Å². The van der Waals surface area contributed by atoms with Gasteiger partial charge >= 0.3 is 6.03 Å². The van der Waals surface area contributed by atoms with Crippen LogP contribution in [0.2, 0.25) is 0 Å². The van der Waals surface area contributed by atoms with E-state index in [9.17, 15) is 14.0 Å². The molecule has 2 aliphatic heterocycles. The van der Waals surface area contributed by atoms with E-state index in [1.165, 1.54) is 13.1 Å². The van der Waals surface area contributed by atoms with Crippen LogP contribution >= 0.6 is 11.5 Å². The number of piperazine rings is 1. The first-order valence-electron chi connectivity index (χ1n) is 11.7. The number of likely N-dealkylation sites (N-methyl/N-ethyl adjacent to an activating group) is 1. The summed E-state index contributed by atoms with van der Waals surface area (Å²) in [5.74, 6) is -0.195. The molecule has 1 aromatic heterocycles. The average Bonchev–Trinajstić information content (AvgIpc) is 3.47. The highest BCUT2D eigenvalue weighted by molar-refractivity contribution is 7.11. The van der Waals surface area contributed by atoms with Gasteiger partial charge in [0, 0.05) is 57.3 Å². The molecule has 0 aliphatic carbocycles. The van der Waals surface area contributed by atoms with Gasteiger partial charge in [-0.15, -0.1) is 0 Å². The fourth-order valence-corrected chi connectivity index (χ4v) is 4.73. The first-order valence-corrected chi connectivity index (χ1v) is 12.5. The smallest absolute Gasteiger partial charge is 0.319 e. The molecule has 0 radical (unpaired) electrons. The summed E-state index contributed by atoms with van der Waals surface area (Å²) in [6.07, 6.45) is 1.50. The number of urea groups is 1. The SMILES string of the molecule is CNC(=O)c1c(OCc2cc3c(cc2F)CCO3)nsc1NC(=O)NCCCN1CCN(C)CC1. The maximum Gasteiger partial charge on any atom is 0.319 e. The zero-order chi connectivity index (χ0) is 24.8. The molecule has 4 rings (SSSR count). The summed E-state index contributed by atoms with van der Waals surface area (Å²) in [4.78, 5) is 29.6. The molecule has 2 aliphatic rings. The lowest BCUT2D eigenvalue weighted by Gasteiger charge is -2.32. The number of carbonyl (C=O) groups is 2. The molecule has 3 heterocycles. The van der Waals surface area contributed by atoms with Crippen LogP contribution in [-0.4, -0.2) is 86.1 Å². The van der Waals surface area contributed by atoms with Gasteiger partial charge in [-0.1, -0.05) is 0 Å². The van der Waals surface area contributed by atoms with Crippen LogP contribution in [0.5, 0.6) is 11.6 Å². The summed E-state index contributed by atoms with van der Waals surface area (Å²) in [7, 11) is 3.59. The molecule has 1 saturated heterocycles. The van der Waals surface area contributed by atoms with Crippen molar-refractivity contribution in [3.05, 3.63) is 34.6 Å². The van der Waals surface area contributed by atoms with Crippen LogP contribution in [0.1, 0.15) is 27.9 Å². The second-order valence-corrected chi connectivity index (χ2v) is 9.36. The van der Waals surface area contributed by atoms with E-state index in [1.54, 1.807) is 6.07 Å². The van der Waals surface area contributed by atoms with E-state index in [-0.39, 0.29) is 23.1 Å². The third kappa shape index (κ3) is 6.38. The average molecular weight is 507 g/mol. The molecule has 0 saturated carbocycles. The Morgan fingerprint density at radius 3 is 2.83 bits per heavy atom. The molecule has 3 N–H and O–H groups in total. The van der Waals surface area contributed by atoms with Crippen molar-refractivity contribution in [3.63, 3.8) is 0 Å². The zero-order valence-corrected chi connectivity index (χ0v) is 20.8. The number of nitrogens with zero attached hydrogens (tertiary/aromatic N) is 3. The number of halogens is 1. The number of rotatable bonds is 9. The Morgan fingerprint density at radius 1 is 1.26 bits per heavy atom. The number of aromatic nitrogens is 1. The molecule has 1 fully saturated rings. The van der Waals surface area contributed by atoms with E-state index in [2.05, 4.69) is 37.2 Å². The molecule has 10 nitrogen and oxygen atoms in total. The lowest BCUT2D eigenvalue weighted by Crippen LogP contribution is -2.45. The van der Waals surface area contributed by atoms with Gasteiger partial charge in [0.2, 0.25) is 5.88 Å². The van der Waals surface area contributed by atoms with E-state index in [0.717, 1.165) is 56.2 Å². The fraction of sp³-hybridized carbons (Fsp3) is 0.522. The number of amides is 3. The zero-order valence-electron chi connectivity index (χ0n) is 20.0.